The molecular weight excluding hydrogens is 593 g/mol. The number of rotatable bonds is 8. The van der Waals surface area contributed by atoms with Gasteiger partial charge in [-0.15, -0.1) is 0 Å². The largest absolute Gasteiger partial charge is 0.457 e. The summed E-state index contributed by atoms with van der Waals surface area (Å²) in [7, 11) is 1.54. The molecule has 228 valence electrons. The molecule has 3 N–H and O–H groups in total. The van der Waals surface area contributed by atoms with E-state index in [2.05, 4.69) is 25.8 Å². The van der Waals surface area contributed by atoms with Gasteiger partial charge in [0.05, 0.1) is 23.0 Å². The van der Waals surface area contributed by atoms with Gasteiger partial charge in [-0.1, -0.05) is 0 Å². The highest BCUT2D eigenvalue weighted by Gasteiger charge is 2.39. The number of carbonyl (C=O) groups excluding carboxylic acids is 1. The minimum atomic E-state index is -4.74. The smallest absolute Gasteiger partial charge is 0.416 e. The molecule has 0 radical (unpaired) electrons. The van der Waals surface area contributed by atoms with Crippen LogP contribution in [-0.2, 0) is 18.8 Å². The summed E-state index contributed by atoms with van der Waals surface area (Å²) in [6, 6.07) is 8.13. The topological polar surface area (TPSA) is 128 Å². The highest BCUT2D eigenvalue weighted by atomic mass is 19.4. The van der Waals surface area contributed by atoms with Gasteiger partial charge < -0.3 is 25.2 Å². The molecule has 0 saturated carbocycles. The quantitative estimate of drug-likeness (QED) is 0.217. The summed E-state index contributed by atoms with van der Waals surface area (Å²) in [5.74, 6) is -1.26. The fourth-order valence-corrected chi connectivity index (χ4v) is 4.70. The molecule has 11 nitrogen and oxygen atoms in total. The third-order valence-corrected chi connectivity index (χ3v) is 6.86. The predicted octanol–water partition coefficient (Wildman–Crippen LogP) is 4.59. The molecule has 1 aliphatic rings. The van der Waals surface area contributed by atoms with Crippen molar-refractivity contribution in [1.29, 1.82) is 0 Å². The van der Waals surface area contributed by atoms with E-state index in [0.29, 0.717) is 0 Å². The second-order valence-electron chi connectivity index (χ2n) is 9.98. The standard InChI is InChI=1S/C28H22F5N7O4/c1-39-12-21(37-25(41)20-11-36-40-6-2-5-35-24(20)40)23(38-39)19-10-17(3-4-22(19)44-26(29)30)43-18-8-15(27(42)13-34-14-27)7-16(9-18)28(31,32)33/h2-12,26,34,42H,13-14H2,1H3,(H,37,41). The van der Waals surface area contributed by atoms with E-state index in [4.69, 9.17) is 9.47 Å². The van der Waals surface area contributed by atoms with Crippen molar-refractivity contribution in [3.63, 3.8) is 0 Å². The fraction of sp³-hybridized carbons (Fsp3) is 0.214. The number of β-amino-alcohol motifs (C(OH)–C–C–N with tert-alkyl or cyclic N) is 1. The lowest BCUT2D eigenvalue weighted by Crippen LogP contribution is -2.56. The van der Waals surface area contributed by atoms with Gasteiger partial charge in [0.25, 0.3) is 5.91 Å². The summed E-state index contributed by atoms with van der Waals surface area (Å²) < 4.78 is 81.0. The van der Waals surface area contributed by atoms with E-state index in [1.54, 1.807) is 12.3 Å². The maximum atomic E-state index is 13.7. The molecule has 1 aliphatic heterocycles. The zero-order chi connectivity index (χ0) is 31.2. The Morgan fingerprint density at radius 3 is 2.66 bits per heavy atom. The SMILES string of the molecule is Cn1cc(NC(=O)c2cnn3cccnc23)c(-c2cc(Oc3cc(C(F)(F)F)cc(C4(O)CNC4)c3)ccc2OC(F)F)n1. The van der Waals surface area contributed by atoms with Gasteiger partial charge in [0.15, 0.2) is 5.65 Å². The monoisotopic (exact) mass is 615 g/mol. The van der Waals surface area contributed by atoms with Crippen molar-refractivity contribution >= 4 is 17.2 Å². The maximum Gasteiger partial charge on any atom is 0.416 e. The molecule has 0 atom stereocenters. The van der Waals surface area contributed by atoms with Crippen molar-refractivity contribution in [2.24, 2.45) is 7.05 Å². The van der Waals surface area contributed by atoms with E-state index < -0.39 is 29.9 Å². The predicted molar refractivity (Wildman–Crippen MR) is 145 cm³/mol. The van der Waals surface area contributed by atoms with Crippen molar-refractivity contribution in [3.8, 4) is 28.5 Å². The molecule has 4 heterocycles. The highest BCUT2D eigenvalue weighted by Crippen LogP contribution is 2.41. The number of anilines is 1. The van der Waals surface area contributed by atoms with Crippen LogP contribution in [0.1, 0.15) is 21.5 Å². The molecule has 5 aromatic rings. The first-order chi connectivity index (χ1) is 20.9. The summed E-state index contributed by atoms with van der Waals surface area (Å²) >= 11 is 0. The van der Waals surface area contributed by atoms with Gasteiger partial charge in [0.2, 0.25) is 0 Å². The molecule has 16 heteroatoms. The minimum absolute atomic E-state index is 0.00384. The van der Waals surface area contributed by atoms with Crippen LogP contribution in [0.2, 0.25) is 0 Å². The van der Waals surface area contributed by atoms with Crippen LogP contribution in [0, 0.1) is 0 Å². The summed E-state index contributed by atoms with van der Waals surface area (Å²) in [6.07, 6.45) is 1.09. The van der Waals surface area contributed by atoms with Crippen molar-refractivity contribution in [2.45, 2.75) is 18.4 Å². The minimum Gasteiger partial charge on any atom is -0.457 e. The molecule has 2 aromatic carbocycles. The number of halogens is 5. The van der Waals surface area contributed by atoms with Gasteiger partial charge in [-0.3, -0.25) is 9.48 Å². The third kappa shape index (κ3) is 5.63. The van der Waals surface area contributed by atoms with Gasteiger partial charge >= 0.3 is 12.8 Å². The number of aliphatic hydroxyl groups is 1. The Labute approximate surface area is 244 Å². The van der Waals surface area contributed by atoms with Crippen LogP contribution < -0.4 is 20.1 Å². The Morgan fingerprint density at radius 1 is 1.16 bits per heavy atom. The molecule has 0 aliphatic carbocycles. The number of nitrogens with one attached hydrogen (secondary N) is 2. The van der Waals surface area contributed by atoms with Crippen LogP contribution in [0.3, 0.4) is 0 Å². The molecule has 44 heavy (non-hydrogen) atoms. The summed E-state index contributed by atoms with van der Waals surface area (Å²) in [5.41, 5.74) is -2.10. The Bertz CT molecular complexity index is 1870. The van der Waals surface area contributed by atoms with Crippen LogP contribution in [0.15, 0.2) is 67.3 Å². The fourth-order valence-electron chi connectivity index (χ4n) is 4.70. The average molecular weight is 616 g/mol. The van der Waals surface area contributed by atoms with Crippen LogP contribution in [0.5, 0.6) is 17.2 Å². The molecule has 0 bridgehead atoms. The first-order valence-corrected chi connectivity index (χ1v) is 13.0. The number of benzene rings is 2. The lowest BCUT2D eigenvalue weighted by molar-refractivity contribution is -0.137. The van der Waals surface area contributed by atoms with Crippen molar-refractivity contribution < 1.29 is 41.3 Å². The number of alkyl halides is 5. The van der Waals surface area contributed by atoms with Crippen LogP contribution in [0.4, 0.5) is 27.6 Å². The van der Waals surface area contributed by atoms with Gasteiger partial charge in [-0.25, -0.2) is 9.50 Å². The Balaban J connectivity index is 1.37. The zero-order valence-electron chi connectivity index (χ0n) is 22.6. The highest BCUT2D eigenvalue weighted by molar-refractivity contribution is 6.09. The number of nitrogens with zero attached hydrogens (tertiary/aromatic N) is 5. The second kappa shape index (κ2) is 10.9. The Morgan fingerprint density at radius 2 is 1.95 bits per heavy atom. The molecule has 1 amide bonds. The summed E-state index contributed by atoms with van der Waals surface area (Å²) in [6.45, 7) is -3.12. The molecule has 3 aromatic heterocycles. The van der Waals surface area contributed by atoms with E-state index in [9.17, 15) is 31.9 Å². The molecule has 1 fully saturated rings. The maximum absolute atomic E-state index is 13.7. The number of fused-ring (bicyclic) bond motifs is 1. The van der Waals surface area contributed by atoms with Crippen molar-refractivity contribution in [2.75, 3.05) is 18.4 Å². The number of aryl methyl sites for hydroxylation is 1. The van der Waals surface area contributed by atoms with E-state index >= 15 is 0 Å². The Kier molecular flexibility index (Phi) is 7.17. The molecule has 0 spiro atoms. The molecule has 1 saturated heterocycles. The second-order valence-corrected chi connectivity index (χ2v) is 9.98. The number of hydrogen-bond acceptors (Lipinski definition) is 8. The number of carbonyl (C=O) groups is 1. The molecule has 6 rings (SSSR count). The van der Waals surface area contributed by atoms with Crippen LogP contribution in [-0.4, -0.2) is 55.1 Å². The van der Waals surface area contributed by atoms with E-state index in [0.717, 1.165) is 18.2 Å². The zero-order valence-corrected chi connectivity index (χ0v) is 22.6. The van der Waals surface area contributed by atoms with Gasteiger partial charge in [-0.2, -0.15) is 32.1 Å². The van der Waals surface area contributed by atoms with Crippen LogP contribution >= 0.6 is 0 Å². The summed E-state index contributed by atoms with van der Waals surface area (Å²) in [5, 5.41) is 24.6. The van der Waals surface area contributed by atoms with E-state index in [1.165, 1.54) is 53.0 Å². The first-order valence-electron chi connectivity index (χ1n) is 13.0. The van der Waals surface area contributed by atoms with E-state index in [-0.39, 0.29) is 64.1 Å². The average Bonchev–Trinajstić information content (AvgIpc) is 3.54. The van der Waals surface area contributed by atoms with Gasteiger partial charge in [-0.05, 0) is 48.0 Å². The lowest BCUT2D eigenvalue weighted by atomic mass is 9.87. The number of aromatic nitrogens is 5. The summed E-state index contributed by atoms with van der Waals surface area (Å²) in [4.78, 5) is 17.3. The van der Waals surface area contributed by atoms with Gasteiger partial charge in [0.1, 0.15) is 34.1 Å². The Hall–Kier alpha value is -5.09. The number of amides is 1. The van der Waals surface area contributed by atoms with Crippen molar-refractivity contribution in [1.82, 2.24) is 29.7 Å². The van der Waals surface area contributed by atoms with E-state index in [1.807, 2.05) is 0 Å². The van der Waals surface area contributed by atoms with Gasteiger partial charge in [0, 0.05) is 38.7 Å². The van der Waals surface area contributed by atoms with Crippen LogP contribution in [0.25, 0.3) is 16.9 Å². The third-order valence-electron chi connectivity index (χ3n) is 6.86. The van der Waals surface area contributed by atoms with Crippen molar-refractivity contribution in [3.05, 3.63) is 83.9 Å². The normalized spacial score (nSPS) is 14.5. The number of hydrogen-bond donors (Lipinski definition) is 3. The first kappa shape index (κ1) is 29.0. The molecular formula is C28H22F5N7O4. The number of ether oxygens (including phenoxy) is 2. The molecule has 0 unspecified atom stereocenters. The lowest BCUT2D eigenvalue weighted by Gasteiger charge is -2.38.